The van der Waals surface area contributed by atoms with Crippen molar-refractivity contribution in [2.45, 2.75) is 218 Å². The predicted octanol–water partition coefficient (Wildman–Crippen LogP) is -8.32. The first-order chi connectivity index (χ1) is 45.3. The highest BCUT2D eigenvalue weighted by Crippen LogP contribution is 2.71. The standard InChI is InChI=1S/C61H89N11O24/c1-25(27-11-9-8-10-12-27)36(62)49(83)68-30(17-26-13-15-29(16-14-26)88-53-46-44(94-59(6,7)96-46)42(34(23-76)90-53)92-54-61(87)57(2,3)60(61,86)47(81)35(24-77)91-54)48(82)70-37(39(78)31-18-65-55(63)69-31)51(85)71-38(50(84)67-28(20-73)21-74)40(79)32-19-66-56(64)72(32)52-45-43(93-58(4,5)95-45)41(80)33(22-75)89-52/h8-16,20,25,28,30-47,52-54,74-81,86-87H,17-19,21-24,62H2,1-7H3,(H2,64,66)(H,67,84)(H,68,83)(H,70,82)(H,71,85)(H3,63,65,69)/t25?,28-,30+,31?,32?,33?,34?,35?,36+,37+,38+,39?,40?,41?,42?,43?,44?,45?,46?,47?,52?,53?,54?,60?,61?/m1/s1. The molecule has 0 spiro atoms. The van der Waals surface area contributed by atoms with Crippen LogP contribution in [0.2, 0.25) is 0 Å². The summed E-state index contributed by atoms with van der Waals surface area (Å²) >= 11 is 0. The average Bonchev–Trinajstić information content (AvgIpc) is 1.46. The van der Waals surface area contributed by atoms with Crippen LogP contribution in [-0.4, -0.2) is 294 Å². The molecular formula is C61H89N11O24. The van der Waals surface area contributed by atoms with Crippen LogP contribution in [0.4, 0.5) is 0 Å². The quantitative estimate of drug-likeness (QED) is 0.0389. The molecule has 2 aromatic rings. The van der Waals surface area contributed by atoms with E-state index in [9.17, 15) is 65.4 Å². The van der Waals surface area contributed by atoms with E-state index in [0.717, 1.165) is 0 Å². The Kier molecular flexibility index (Phi) is 21.1. The number of fused-ring (bicyclic) bond motifs is 3. The Morgan fingerprint density at radius 2 is 1.32 bits per heavy atom. The molecule has 96 heavy (non-hydrogen) atoms. The molecule has 5 saturated heterocycles. The van der Waals surface area contributed by atoms with E-state index in [0.29, 0.717) is 11.1 Å². The van der Waals surface area contributed by atoms with E-state index in [1.165, 1.54) is 43.0 Å². The van der Waals surface area contributed by atoms with Crippen molar-refractivity contribution in [3.05, 3.63) is 65.7 Å². The average molecular weight is 1360 g/mol. The molecule has 35 nitrogen and oxygen atoms in total. The number of nitrogens with zero attached hydrogens (tertiary/aromatic N) is 3. The van der Waals surface area contributed by atoms with Gasteiger partial charge in [0, 0.05) is 17.8 Å². The van der Waals surface area contributed by atoms with E-state index < -0.39 is 225 Å². The van der Waals surface area contributed by atoms with Gasteiger partial charge < -0.3 is 147 Å². The number of benzene rings is 2. The van der Waals surface area contributed by atoms with Crippen LogP contribution < -0.4 is 48.5 Å². The number of guanidine groups is 2. The fraction of sp³-hybridized carbons (Fsp3) is 0.689. The Morgan fingerprint density at radius 3 is 1.94 bits per heavy atom. The van der Waals surface area contributed by atoms with Crippen molar-refractivity contribution in [3.63, 3.8) is 0 Å². The van der Waals surface area contributed by atoms with Crippen molar-refractivity contribution < 1.29 is 118 Å². The Balaban J connectivity index is 0.913. The number of aldehydes is 1. The van der Waals surface area contributed by atoms with E-state index in [-0.39, 0.29) is 36.9 Å². The summed E-state index contributed by atoms with van der Waals surface area (Å²) in [6.07, 6.45) is -21.5. The van der Waals surface area contributed by atoms with E-state index >= 15 is 9.59 Å². The highest BCUT2D eigenvalue weighted by Gasteiger charge is 2.91. The second-order valence-electron chi connectivity index (χ2n) is 26.8. The Hall–Kier alpha value is -6.43. The van der Waals surface area contributed by atoms with Gasteiger partial charge in [-0.15, -0.1) is 0 Å². The summed E-state index contributed by atoms with van der Waals surface area (Å²) in [6.45, 7) is 7.27. The smallest absolute Gasteiger partial charge is 0.246 e. The zero-order chi connectivity index (χ0) is 69.9. The molecule has 1 aliphatic carbocycles. The number of hydrogen-bond acceptors (Lipinski definition) is 31. The Bertz CT molecular complexity index is 3190. The minimum absolute atomic E-state index is 0.137. The molecule has 7 aliphatic heterocycles. The fourth-order valence-electron chi connectivity index (χ4n) is 13.9. The lowest BCUT2D eigenvalue weighted by molar-refractivity contribution is -0.345. The van der Waals surface area contributed by atoms with Crippen LogP contribution in [0.1, 0.15) is 65.5 Å². The van der Waals surface area contributed by atoms with Crippen molar-refractivity contribution in [2.75, 3.05) is 39.5 Å². The third-order valence-electron chi connectivity index (χ3n) is 19.5. The highest BCUT2D eigenvalue weighted by molar-refractivity contribution is 5.96. The predicted molar refractivity (Wildman–Crippen MR) is 327 cm³/mol. The molecule has 8 aliphatic rings. The lowest BCUT2D eigenvalue weighted by Crippen LogP contribution is -2.69. The first-order valence-electron chi connectivity index (χ1n) is 31.6. The molecule has 35 heteroatoms. The molecule has 10 rings (SSSR count). The zero-order valence-corrected chi connectivity index (χ0v) is 53.8. The maximum Gasteiger partial charge on any atom is 0.246 e. The molecule has 21 N–H and O–H groups in total. The van der Waals surface area contributed by atoms with Gasteiger partial charge >= 0.3 is 0 Å². The van der Waals surface area contributed by atoms with Gasteiger partial charge in [0.25, 0.3) is 0 Å². The number of aliphatic hydroxyl groups excluding tert-OH is 8. The highest BCUT2D eigenvalue weighted by atomic mass is 16.8. The summed E-state index contributed by atoms with van der Waals surface area (Å²) in [5.74, 6) is -8.10. The van der Waals surface area contributed by atoms with Gasteiger partial charge in [-0.25, -0.2) is 0 Å². The molecule has 6 fully saturated rings. The van der Waals surface area contributed by atoms with Crippen molar-refractivity contribution in [3.8, 4) is 5.75 Å². The number of rotatable bonds is 26. The summed E-state index contributed by atoms with van der Waals surface area (Å²) in [5.41, 5.74) is 14.2. The Morgan fingerprint density at radius 1 is 0.719 bits per heavy atom. The number of aliphatic hydroxyl groups is 10. The number of carbonyl (C=O) groups excluding carboxylic acids is 5. The van der Waals surface area contributed by atoms with Crippen LogP contribution in [0.3, 0.4) is 0 Å². The minimum Gasteiger partial charge on any atom is -0.462 e. The molecule has 0 aromatic heterocycles. The van der Waals surface area contributed by atoms with E-state index in [4.69, 9.17) is 59.8 Å². The van der Waals surface area contributed by atoms with Crippen molar-refractivity contribution in [1.29, 1.82) is 0 Å². The number of ether oxygens (including phenoxy) is 9. The summed E-state index contributed by atoms with van der Waals surface area (Å²) in [4.78, 5) is 80.6. The van der Waals surface area contributed by atoms with Crippen molar-refractivity contribution >= 4 is 41.8 Å². The van der Waals surface area contributed by atoms with Crippen LogP contribution in [0, 0.1) is 5.41 Å². The summed E-state index contributed by atoms with van der Waals surface area (Å²) in [5, 5.41) is 124. The molecule has 0 bridgehead atoms. The molecule has 2 aromatic carbocycles. The maximum absolute atomic E-state index is 15.1. The zero-order valence-electron chi connectivity index (χ0n) is 53.8. The maximum atomic E-state index is 15.1. The van der Waals surface area contributed by atoms with Gasteiger partial charge in [-0.3, -0.25) is 29.2 Å². The number of nitrogens with two attached hydrogens (primary N) is 3. The van der Waals surface area contributed by atoms with E-state index in [2.05, 4.69) is 36.6 Å². The Labute approximate surface area is 550 Å². The fourth-order valence-corrected chi connectivity index (χ4v) is 13.9. The SMILES string of the molecule is CC(c1ccccc1)[C@H](N)C(=O)N[C@@H](Cc1ccc(OC2OC(CO)C(OC3OC(CO)C(O)C4(O)C(C)(C)C34O)C3OC(C)(C)OC23)cc1)C(=O)N[C@H](C(=O)N[C@H](C(=O)N[C@H](C=O)CO)C(O)C1CN=C(N)N1C1OC(CO)C(O)C2OC(C)(C)OC21)C(O)C1CN=C(N)N1. The molecule has 25 atom stereocenters. The summed E-state index contributed by atoms with van der Waals surface area (Å²) < 4.78 is 55.6. The number of amides is 4. The van der Waals surface area contributed by atoms with Gasteiger partial charge in [-0.1, -0.05) is 63.2 Å². The summed E-state index contributed by atoms with van der Waals surface area (Å²) in [6, 6.07) is 3.37. The monoisotopic (exact) mass is 1360 g/mol. The molecule has 532 valence electrons. The first-order valence-corrected chi connectivity index (χ1v) is 31.6. The lowest BCUT2D eigenvalue weighted by Gasteiger charge is -2.46. The minimum atomic E-state index is -2.20. The van der Waals surface area contributed by atoms with Crippen molar-refractivity contribution in [1.82, 2.24) is 31.5 Å². The van der Waals surface area contributed by atoms with Gasteiger partial charge in [0.15, 0.2) is 47.7 Å². The first kappa shape index (κ1) is 72.3. The normalized spacial score (nSPS) is 36.3. The van der Waals surface area contributed by atoms with Gasteiger partial charge in [0.05, 0.1) is 57.6 Å². The van der Waals surface area contributed by atoms with Crippen molar-refractivity contribution in [2.24, 2.45) is 32.6 Å². The van der Waals surface area contributed by atoms with Gasteiger partial charge in [-0.2, -0.15) is 0 Å². The van der Waals surface area contributed by atoms with Crippen LogP contribution in [0.25, 0.3) is 0 Å². The van der Waals surface area contributed by atoms with Gasteiger partial charge in [0.2, 0.25) is 29.9 Å². The third kappa shape index (κ3) is 13.5. The second-order valence-corrected chi connectivity index (χ2v) is 26.8. The van der Waals surface area contributed by atoms with Crippen LogP contribution >= 0.6 is 0 Å². The lowest BCUT2D eigenvalue weighted by atomic mass is 9.93. The number of hydrogen-bond donors (Lipinski definition) is 18. The van der Waals surface area contributed by atoms with Gasteiger partial charge in [0.1, 0.15) is 109 Å². The number of nitrogens with one attached hydrogen (secondary N) is 5. The van der Waals surface area contributed by atoms with E-state index in [1.54, 1.807) is 65.0 Å². The van der Waals surface area contributed by atoms with E-state index in [1.807, 2.05) is 0 Å². The number of carbonyl (C=O) groups is 5. The molecule has 0 radical (unpaired) electrons. The van der Waals surface area contributed by atoms with Gasteiger partial charge in [-0.05, 0) is 51.0 Å². The van der Waals surface area contributed by atoms with Crippen LogP contribution in [-0.2, 0) is 68.3 Å². The molecule has 4 amide bonds. The number of aliphatic imine (C=N–C) groups is 2. The molecule has 1 saturated carbocycles. The van der Waals surface area contributed by atoms with Crippen LogP contribution in [0.5, 0.6) is 5.75 Å². The molecule has 7 heterocycles. The third-order valence-corrected chi connectivity index (χ3v) is 19.5. The molecular weight excluding hydrogens is 1270 g/mol. The molecule has 20 unspecified atom stereocenters. The topological polar surface area (TPSA) is 537 Å². The second kappa shape index (κ2) is 28.1. The summed E-state index contributed by atoms with van der Waals surface area (Å²) in [7, 11) is 0. The van der Waals surface area contributed by atoms with Crippen LogP contribution in [0.15, 0.2) is 64.6 Å². The largest absolute Gasteiger partial charge is 0.462 e.